The van der Waals surface area contributed by atoms with Gasteiger partial charge in [-0.05, 0) is 54.1 Å². The highest BCUT2D eigenvalue weighted by Gasteiger charge is 2.14. The predicted molar refractivity (Wildman–Crippen MR) is 92.6 cm³/mol. The maximum absolute atomic E-state index is 5.89. The van der Waals surface area contributed by atoms with Crippen molar-refractivity contribution in [3.63, 3.8) is 0 Å². The molecule has 0 aliphatic carbocycles. The van der Waals surface area contributed by atoms with Crippen LogP contribution < -0.4 is 5.73 Å². The molecule has 0 saturated carbocycles. The summed E-state index contributed by atoms with van der Waals surface area (Å²) in [6.45, 7) is 3.17. The molecule has 0 amide bonds. The van der Waals surface area contributed by atoms with Gasteiger partial charge in [-0.3, -0.25) is 4.90 Å². The third kappa shape index (κ3) is 2.94. The minimum atomic E-state index is 0.340. The highest BCUT2D eigenvalue weighted by Crippen LogP contribution is 2.29. The summed E-state index contributed by atoms with van der Waals surface area (Å²) in [6.07, 6.45) is 0. The second kappa shape index (κ2) is 5.88. The van der Waals surface area contributed by atoms with Crippen molar-refractivity contribution in [1.29, 1.82) is 0 Å². The maximum Gasteiger partial charge on any atom is 0.0346 e. The predicted octanol–water partition coefficient (Wildman–Crippen LogP) is 4.68. The van der Waals surface area contributed by atoms with E-state index in [1.165, 1.54) is 21.2 Å². The van der Waals surface area contributed by atoms with Crippen molar-refractivity contribution in [2.75, 3.05) is 12.8 Å². The van der Waals surface area contributed by atoms with Gasteiger partial charge in [0.05, 0.1) is 0 Å². The molecule has 0 bridgehead atoms. The van der Waals surface area contributed by atoms with Crippen molar-refractivity contribution in [1.82, 2.24) is 4.90 Å². The number of fused-ring (bicyclic) bond motifs is 1. The van der Waals surface area contributed by atoms with Gasteiger partial charge in [0, 0.05) is 23.0 Å². The standard InChI is InChI=1S/C18H20N2S/c1-13(14-6-5-7-16(19)10-14)20(2)11-15-12-21-18-9-4-3-8-17(15)18/h3-10,12-13H,11,19H2,1-2H3. The number of anilines is 1. The Morgan fingerprint density at radius 1 is 1.14 bits per heavy atom. The molecule has 2 nitrogen and oxygen atoms in total. The van der Waals surface area contributed by atoms with Gasteiger partial charge < -0.3 is 5.73 Å². The van der Waals surface area contributed by atoms with Gasteiger partial charge in [0.15, 0.2) is 0 Å². The minimum Gasteiger partial charge on any atom is -0.399 e. The van der Waals surface area contributed by atoms with E-state index in [9.17, 15) is 0 Å². The van der Waals surface area contributed by atoms with E-state index in [1.807, 2.05) is 23.5 Å². The summed E-state index contributed by atoms with van der Waals surface area (Å²) >= 11 is 1.82. The van der Waals surface area contributed by atoms with Crippen molar-refractivity contribution in [2.24, 2.45) is 0 Å². The number of hydrogen-bond donors (Lipinski definition) is 1. The summed E-state index contributed by atoms with van der Waals surface area (Å²) in [5.41, 5.74) is 9.38. The van der Waals surface area contributed by atoms with Crippen LogP contribution in [0.5, 0.6) is 0 Å². The average Bonchev–Trinajstić information content (AvgIpc) is 2.90. The number of benzene rings is 2. The Balaban J connectivity index is 1.81. The largest absolute Gasteiger partial charge is 0.399 e. The quantitative estimate of drug-likeness (QED) is 0.708. The van der Waals surface area contributed by atoms with Gasteiger partial charge >= 0.3 is 0 Å². The van der Waals surface area contributed by atoms with Gasteiger partial charge in [0.2, 0.25) is 0 Å². The SMILES string of the molecule is CC(c1cccc(N)c1)N(C)Cc1csc2ccccc12. The van der Waals surface area contributed by atoms with E-state index >= 15 is 0 Å². The first-order valence-corrected chi connectivity index (χ1v) is 8.04. The van der Waals surface area contributed by atoms with Crippen LogP contribution in [0.15, 0.2) is 53.9 Å². The lowest BCUT2D eigenvalue weighted by molar-refractivity contribution is 0.254. The van der Waals surface area contributed by atoms with E-state index in [-0.39, 0.29) is 0 Å². The Bertz CT molecular complexity index is 748. The van der Waals surface area contributed by atoms with E-state index in [1.54, 1.807) is 0 Å². The van der Waals surface area contributed by atoms with Gasteiger partial charge in [-0.2, -0.15) is 0 Å². The first kappa shape index (κ1) is 14.1. The normalized spacial score (nSPS) is 12.9. The zero-order valence-corrected chi connectivity index (χ0v) is 13.2. The van der Waals surface area contributed by atoms with Gasteiger partial charge in [0.1, 0.15) is 0 Å². The molecular weight excluding hydrogens is 276 g/mol. The summed E-state index contributed by atoms with van der Waals surface area (Å²) < 4.78 is 1.36. The molecule has 0 fully saturated rings. The fraction of sp³-hybridized carbons (Fsp3) is 0.222. The first-order chi connectivity index (χ1) is 10.1. The fourth-order valence-electron chi connectivity index (χ4n) is 2.63. The lowest BCUT2D eigenvalue weighted by Crippen LogP contribution is -2.21. The highest BCUT2D eigenvalue weighted by atomic mass is 32.1. The average molecular weight is 296 g/mol. The number of nitrogens with zero attached hydrogens (tertiary/aromatic N) is 1. The molecule has 1 heterocycles. The summed E-state index contributed by atoms with van der Waals surface area (Å²) in [7, 11) is 2.17. The summed E-state index contributed by atoms with van der Waals surface area (Å²) in [5.74, 6) is 0. The number of thiophene rings is 1. The Kier molecular flexibility index (Phi) is 3.95. The molecule has 3 aromatic rings. The molecule has 108 valence electrons. The van der Waals surface area contributed by atoms with Crippen LogP contribution >= 0.6 is 11.3 Å². The van der Waals surface area contributed by atoms with E-state index < -0.39 is 0 Å². The molecule has 0 saturated heterocycles. The van der Waals surface area contributed by atoms with Crippen LogP contribution in [0, 0.1) is 0 Å². The van der Waals surface area contributed by atoms with Gasteiger partial charge in [-0.25, -0.2) is 0 Å². The van der Waals surface area contributed by atoms with Crippen LogP contribution in [0.4, 0.5) is 5.69 Å². The van der Waals surface area contributed by atoms with Crippen LogP contribution in [0.3, 0.4) is 0 Å². The maximum atomic E-state index is 5.89. The van der Waals surface area contributed by atoms with E-state index in [2.05, 4.69) is 60.6 Å². The highest BCUT2D eigenvalue weighted by molar-refractivity contribution is 7.17. The Labute approximate surface area is 129 Å². The van der Waals surface area contributed by atoms with Gasteiger partial charge in [-0.15, -0.1) is 11.3 Å². The molecule has 1 atom stereocenters. The fourth-order valence-corrected chi connectivity index (χ4v) is 3.59. The van der Waals surface area contributed by atoms with Crippen molar-refractivity contribution in [3.05, 3.63) is 65.0 Å². The zero-order valence-electron chi connectivity index (χ0n) is 12.4. The van der Waals surface area contributed by atoms with Gasteiger partial charge in [-0.1, -0.05) is 30.3 Å². The van der Waals surface area contributed by atoms with Gasteiger partial charge in [0.25, 0.3) is 0 Å². The lowest BCUT2D eigenvalue weighted by atomic mass is 10.1. The lowest BCUT2D eigenvalue weighted by Gasteiger charge is -2.25. The Morgan fingerprint density at radius 2 is 1.95 bits per heavy atom. The molecule has 21 heavy (non-hydrogen) atoms. The minimum absolute atomic E-state index is 0.340. The summed E-state index contributed by atoms with van der Waals surface area (Å²) in [4.78, 5) is 2.36. The monoisotopic (exact) mass is 296 g/mol. The number of nitrogens with two attached hydrogens (primary N) is 1. The molecule has 2 N–H and O–H groups in total. The van der Waals surface area contributed by atoms with Crippen LogP contribution in [-0.4, -0.2) is 11.9 Å². The molecule has 0 spiro atoms. The first-order valence-electron chi connectivity index (χ1n) is 7.16. The molecule has 1 aromatic heterocycles. The molecule has 3 heteroatoms. The second-order valence-electron chi connectivity index (χ2n) is 5.52. The van der Waals surface area contributed by atoms with Crippen LogP contribution in [0.25, 0.3) is 10.1 Å². The van der Waals surface area contributed by atoms with Crippen molar-refractivity contribution in [3.8, 4) is 0 Å². The Hall–Kier alpha value is -1.84. The van der Waals surface area contributed by atoms with Crippen LogP contribution in [0.2, 0.25) is 0 Å². The molecular formula is C18H20N2S. The zero-order chi connectivity index (χ0) is 14.8. The van der Waals surface area contributed by atoms with E-state index in [4.69, 9.17) is 5.73 Å². The third-order valence-electron chi connectivity index (χ3n) is 4.04. The van der Waals surface area contributed by atoms with Crippen molar-refractivity contribution >= 4 is 27.1 Å². The molecule has 2 aromatic carbocycles. The topological polar surface area (TPSA) is 29.3 Å². The second-order valence-corrected chi connectivity index (χ2v) is 6.43. The van der Waals surface area contributed by atoms with Crippen LogP contribution in [0.1, 0.15) is 24.1 Å². The smallest absolute Gasteiger partial charge is 0.0346 e. The molecule has 0 aliphatic heterocycles. The third-order valence-corrected chi connectivity index (χ3v) is 5.05. The molecule has 3 rings (SSSR count). The van der Waals surface area contributed by atoms with E-state index in [0.29, 0.717) is 6.04 Å². The summed E-state index contributed by atoms with van der Waals surface area (Å²) in [5, 5.41) is 3.64. The van der Waals surface area contributed by atoms with E-state index in [0.717, 1.165) is 12.2 Å². The molecule has 0 aliphatic rings. The number of nitrogen functional groups attached to an aromatic ring is 1. The Morgan fingerprint density at radius 3 is 2.76 bits per heavy atom. The summed E-state index contributed by atoms with van der Waals surface area (Å²) in [6, 6.07) is 17.1. The van der Waals surface area contributed by atoms with Crippen LogP contribution in [-0.2, 0) is 6.54 Å². The molecule has 1 unspecified atom stereocenters. The number of hydrogen-bond acceptors (Lipinski definition) is 3. The van der Waals surface area contributed by atoms with Crippen molar-refractivity contribution < 1.29 is 0 Å². The van der Waals surface area contributed by atoms with Crippen molar-refractivity contribution in [2.45, 2.75) is 19.5 Å². The molecule has 0 radical (unpaired) electrons. The number of rotatable bonds is 4.